The van der Waals surface area contributed by atoms with Crippen LogP contribution in [0, 0.1) is 0 Å². The minimum absolute atomic E-state index is 0.0106. The number of hydrogen-bond acceptors (Lipinski definition) is 3. The summed E-state index contributed by atoms with van der Waals surface area (Å²) < 4.78 is 0. The number of nitrogens with zero attached hydrogens (tertiary/aromatic N) is 2. The fraction of sp³-hybridized carbons (Fsp3) is 0.542. The molecule has 6 nitrogen and oxygen atoms in total. The molecule has 1 atom stereocenters. The Balaban J connectivity index is 1.35. The molecule has 0 unspecified atom stereocenters. The molecule has 2 aliphatic rings. The van der Waals surface area contributed by atoms with Gasteiger partial charge in [0.05, 0.1) is 11.7 Å². The first-order valence-electron chi connectivity index (χ1n) is 11.4. The van der Waals surface area contributed by atoms with Crippen molar-refractivity contribution in [3.05, 3.63) is 53.3 Å². The third-order valence-electron chi connectivity index (χ3n) is 6.40. The summed E-state index contributed by atoms with van der Waals surface area (Å²) in [6, 6.07) is 12.4. The highest BCUT2D eigenvalue weighted by Gasteiger charge is 2.30. The number of likely N-dealkylation sites (tertiary alicyclic amines) is 1. The van der Waals surface area contributed by atoms with Crippen molar-refractivity contribution in [1.82, 2.24) is 20.4 Å². The lowest BCUT2D eigenvalue weighted by molar-refractivity contribution is -0.135. The molecular formula is C24H32N4O2. The maximum atomic E-state index is 13.0. The van der Waals surface area contributed by atoms with Gasteiger partial charge in [-0.15, -0.1) is 0 Å². The predicted octanol–water partition coefficient (Wildman–Crippen LogP) is 4.16. The van der Waals surface area contributed by atoms with Crippen LogP contribution in [0.5, 0.6) is 0 Å². The maximum Gasteiger partial charge on any atom is 0.271 e. The molecule has 6 heteroatoms. The van der Waals surface area contributed by atoms with Gasteiger partial charge in [0.1, 0.15) is 5.69 Å². The number of aryl methyl sites for hydroxylation is 1. The van der Waals surface area contributed by atoms with E-state index in [2.05, 4.69) is 27.6 Å². The maximum absolute atomic E-state index is 13.0. The predicted molar refractivity (Wildman–Crippen MR) is 116 cm³/mol. The van der Waals surface area contributed by atoms with E-state index in [1.54, 1.807) is 0 Å². The Morgan fingerprint density at radius 2 is 1.83 bits per heavy atom. The fourth-order valence-electron chi connectivity index (χ4n) is 4.74. The quantitative estimate of drug-likeness (QED) is 0.722. The number of aromatic nitrogens is 2. The summed E-state index contributed by atoms with van der Waals surface area (Å²) in [4.78, 5) is 27.5. The number of aromatic amines is 1. The molecule has 2 heterocycles. The topological polar surface area (TPSA) is 78.1 Å². The fourth-order valence-corrected chi connectivity index (χ4v) is 4.74. The average Bonchev–Trinajstić information content (AvgIpc) is 3.47. The monoisotopic (exact) mass is 408 g/mol. The number of carbonyl (C=O) groups is 2. The van der Waals surface area contributed by atoms with E-state index in [1.165, 1.54) is 18.4 Å². The highest BCUT2D eigenvalue weighted by atomic mass is 16.2. The number of carbonyl (C=O) groups excluding carboxylic acids is 2. The number of piperidine rings is 1. The number of amides is 2. The van der Waals surface area contributed by atoms with E-state index in [1.807, 2.05) is 29.2 Å². The molecule has 1 aliphatic heterocycles. The molecule has 2 aromatic rings. The largest absolute Gasteiger partial charge is 0.348 e. The average molecular weight is 409 g/mol. The van der Waals surface area contributed by atoms with Crippen molar-refractivity contribution >= 4 is 11.8 Å². The first-order valence-corrected chi connectivity index (χ1v) is 11.4. The molecule has 1 aliphatic carbocycles. The zero-order valence-electron chi connectivity index (χ0n) is 17.6. The Hall–Kier alpha value is -2.63. The van der Waals surface area contributed by atoms with Gasteiger partial charge >= 0.3 is 0 Å². The molecule has 4 rings (SSSR count). The Kier molecular flexibility index (Phi) is 6.82. The van der Waals surface area contributed by atoms with Crippen LogP contribution < -0.4 is 5.32 Å². The van der Waals surface area contributed by atoms with Crippen LogP contribution in [0.15, 0.2) is 36.4 Å². The molecule has 1 aromatic carbocycles. The lowest BCUT2D eigenvalue weighted by atomic mass is 9.98. The summed E-state index contributed by atoms with van der Waals surface area (Å²) in [5.74, 6) is 0.0862. The molecule has 160 valence electrons. The Bertz CT molecular complexity index is 842. The Morgan fingerprint density at radius 1 is 1.07 bits per heavy atom. The van der Waals surface area contributed by atoms with Gasteiger partial charge in [-0.05, 0) is 56.6 Å². The number of H-pyrrole nitrogens is 1. The van der Waals surface area contributed by atoms with Gasteiger partial charge in [0.25, 0.3) is 5.91 Å². The van der Waals surface area contributed by atoms with Gasteiger partial charge < -0.3 is 10.2 Å². The molecule has 0 radical (unpaired) electrons. The van der Waals surface area contributed by atoms with Crippen LogP contribution in [0.25, 0.3) is 0 Å². The summed E-state index contributed by atoms with van der Waals surface area (Å²) in [5.41, 5.74) is 2.58. The lowest BCUT2D eigenvalue weighted by Crippen LogP contribution is -2.38. The van der Waals surface area contributed by atoms with Crippen LogP contribution in [0.4, 0.5) is 0 Å². The van der Waals surface area contributed by atoms with Gasteiger partial charge in [-0.1, -0.05) is 43.2 Å². The molecule has 0 bridgehead atoms. The van der Waals surface area contributed by atoms with E-state index >= 15 is 0 Å². The van der Waals surface area contributed by atoms with Gasteiger partial charge in [0.15, 0.2) is 0 Å². The molecule has 1 saturated heterocycles. The Labute approximate surface area is 178 Å². The first-order chi connectivity index (χ1) is 14.7. The van der Waals surface area contributed by atoms with Gasteiger partial charge in [-0.2, -0.15) is 5.10 Å². The summed E-state index contributed by atoms with van der Waals surface area (Å²) in [6.45, 7) is 0.775. The summed E-state index contributed by atoms with van der Waals surface area (Å²) in [6.07, 6.45) is 9.81. The normalized spacial score (nSPS) is 19.7. The minimum atomic E-state index is -0.110. The molecule has 2 fully saturated rings. The molecular weight excluding hydrogens is 376 g/mol. The summed E-state index contributed by atoms with van der Waals surface area (Å²) in [5, 5.41) is 10.4. The third kappa shape index (κ3) is 5.10. The Morgan fingerprint density at radius 3 is 2.63 bits per heavy atom. The lowest BCUT2D eigenvalue weighted by Gasteiger charge is -2.35. The zero-order chi connectivity index (χ0) is 20.8. The second-order valence-electron chi connectivity index (χ2n) is 8.60. The van der Waals surface area contributed by atoms with Crippen molar-refractivity contribution in [3.63, 3.8) is 0 Å². The number of hydrogen-bond donors (Lipinski definition) is 2. The molecule has 2 amide bonds. The van der Waals surface area contributed by atoms with Gasteiger partial charge in [-0.3, -0.25) is 14.7 Å². The standard InChI is InChI=1S/C24H32N4O2/c29-23(15-8-11-18-9-2-1-3-10-18)28-16-7-6-14-22(28)20-17-21(27-26-20)24(30)25-19-12-4-5-13-19/h1-3,9-10,17,19,22H,4-8,11-16H2,(H,25,30)(H,26,27)/t22-/m0/s1. The first kappa shape index (κ1) is 20.6. The van der Waals surface area contributed by atoms with Crippen LogP contribution in [0.3, 0.4) is 0 Å². The van der Waals surface area contributed by atoms with Crippen molar-refractivity contribution < 1.29 is 9.59 Å². The van der Waals surface area contributed by atoms with Crippen LogP contribution in [0.1, 0.15) is 85.6 Å². The van der Waals surface area contributed by atoms with Gasteiger partial charge in [0, 0.05) is 19.0 Å². The van der Waals surface area contributed by atoms with Crippen LogP contribution in [-0.4, -0.2) is 39.5 Å². The zero-order valence-corrected chi connectivity index (χ0v) is 17.6. The SMILES string of the molecule is O=C(NC1CCCC1)c1cc([C@@H]2CCCCN2C(=O)CCCc2ccccc2)[nH]n1. The molecule has 1 saturated carbocycles. The van der Waals surface area contributed by atoms with Crippen LogP contribution >= 0.6 is 0 Å². The third-order valence-corrected chi connectivity index (χ3v) is 6.40. The molecule has 30 heavy (non-hydrogen) atoms. The second-order valence-corrected chi connectivity index (χ2v) is 8.60. The second kappa shape index (κ2) is 9.92. The van der Waals surface area contributed by atoms with E-state index in [4.69, 9.17) is 0 Å². The smallest absolute Gasteiger partial charge is 0.271 e. The molecule has 1 aromatic heterocycles. The van der Waals surface area contributed by atoms with Crippen molar-refractivity contribution in [2.24, 2.45) is 0 Å². The summed E-state index contributed by atoms with van der Waals surface area (Å²) >= 11 is 0. The van der Waals surface area contributed by atoms with Crippen LogP contribution in [0.2, 0.25) is 0 Å². The van der Waals surface area contributed by atoms with Gasteiger partial charge in [0.2, 0.25) is 5.91 Å². The van der Waals surface area contributed by atoms with Crippen molar-refractivity contribution in [2.45, 2.75) is 76.3 Å². The number of nitrogens with one attached hydrogen (secondary N) is 2. The molecule has 0 spiro atoms. The number of benzene rings is 1. The molecule has 2 N–H and O–H groups in total. The number of rotatable bonds is 7. The van der Waals surface area contributed by atoms with E-state index < -0.39 is 0 Å². The minimum Gasteiger partial charge on any atom is -0.348 e. The highest BCUT2D eigenvalue weighted by Crippen LogP contribution is 2.31. The van der Waals surface area contributed by atoms with Crippen molar-refractivity contribution in [2.75, 3.05) is 6.54 Å². The van der Waals surface area contributed by atoms with E-state index in [0.29, 0.717) is 12.1 Å². The summed E-state index contributed by atoms with van der Waals surface area (Å²) in [7, 11) is 0. The highest BCUT2D eigenvalue weighted by molar-refractivity contribution is 5.92. The van der Waals surface area contributed by atoms with Crippen LogP contribution in [-0.2, 0) is 11.2 Å². The van der Waals surface area contributed by atoms with E-state index in [9.17, 15) is 9.59 Å². The van der Waals surface area contributed by atoms with Gasteiger partial charge in [-0.25, -0.2) is 0 Å². The van der Waals surface area contributed by atoms with Crippen molar-refractivity contribution in [1.29, 1.82) is 0 Å². The van der Waals surface area contributed by atoms with E-state index in [0.717, 1.165) is 57.2 Å². The van der Waals surface area contributed by atoms with Crippen molar-refractivity contribution in [3.8, 4) is 0 Å². The van der Waals surface area contributed by atoms with E-state index in [-0.39, 0.29) is 23.9 Å².